The van der Waals surface area contributed by atoms with Crippen LogP contribution in [0.15, 0.2) is 69.0 Å². The molecule has 6 nitrogen and oxygen atoms in total. The van der Waals surface area contributed by atoms with Gasteiger partial charge < -0.3 is 4.74 Å². The molecule has 0 amide bonds. The van der Waals surface area contributed by atoms with Crippen LogP contribution in [0.4, 0.5) is 0 Å². The first-order chi connectivity index (χ1) is 12.8. The van der Waals surface area contributed by atoms with Crippen molar-refractivity contribution in [1.82, 2.24) is 4.31 Å². The largest absolute Gasteiger partial charge is 0.402 e. The minimum absolute atomic E-state index is 0.0859. The summed E-state index contributed by atoms with van der Waals surface area (Å²) in [4.78, 5) is 17.6. The second kappa shape index (κ2) is 7.67. The highest BCUT2D eigenvalue weighted by Gasteiger charge is 2.26. The Hall–Kier alpha value is -2.42. The maximum Gasteiger partial charge on any atom is 0.363 e. The molecule has 0 unspecified atom stereocenters. The van der Waals surface area contributed by atoms with Gasteiger partial charge in [-0.25, -0.2) is 22.5 Å². The van der Waals surface area contributed by atoms with Gasteiger partial charge in [0.1, 0.15) is 0 Å². The highest BCUT2D eigenvalue weighted by atomic mass is 32.2. The molecule has 27 heavy (non-hydrogen) atoms. The van der Waals surface area contributed by atoms with Crippen LogP contribution in [0.3, 0.4) is 0 Å². The maximum atomic E-state index is 12.3. The van der Waals surface area contributed by atoms with Crippen molar-refractivity contribution in [1.29, 1.82) is 0 Å². The molecule has 0 N–H and O–H groups in total. The zero-order chi connectivity index (χ0) is 19.6. The maximum absolute atomic E-state index is 12.3. The predicted octanol–water partition coefficient (Wildman–Crippen LogP) is 3.00. The third-order valence-corrected chi connectivity index (χ3v) is 6.45. The quantitative estimate of drug-likeness (QED) is 0.437. The average molecular weight is 402 g/mol. The molecule has 2 aromatic rings. The number of hydrogen-bond acceptors (Lipinski definition) is 6. The van der Waals surface area contributed by atoms with Crippen LogP contribution in [0.2, 0.25) is 0 Å². The van der Waals surface area contributed by atoms with Gasteiger partial charge in [0.2, 0.25) is 15.9 Å². The number of ether oxygens (including phenoxy) is 1. The highest BCUT2D eigenvalue weighted by molar-refractivity contribution is 7.98. The summed E-state index contributed by atoms with van der Waals surface area (Å²) in [5.74, 6) is -0.484. The van der Waals surface area contributed by atoms with Crippen LogP contribution < -0.4 is 0 Å². The zero-order valence-electron chi connectivity index (χ0n) is 15.0. The normalized spacial score (nSPS) is 15.9. The van der Waals surface area contributed by atoms with Crippen molar-refractivity contribution in [3.05, 3.63) is 65.4 Å². The van der Waals surface area contributed by atoms with Crippen LogP contribution in [-0.4, -0.2) is 44.9 Å². The van der Waals surface area contributed by atoms with E-state index >= 15 is 0 Å². The van der Waals surface area contributed by atoms with Crippen molar-refractivity contribution in [3.8, 4) is 0 Å². The van der Waals surface area contributed by atoms with Crippen molar-refractivity contribution in [3.63, 3.8) is 0 Å². The lowest BCUT2D eigenvalue weighted by Gasteiger charge is -2.11. The zero-order valence-corrected chi connectivity index (χ0v) is 16.7. The number of rotatable bonds is 5. The summed E-state index contributed by atoms with van der Waals surface area (Å²) in [5, 5.41) is 0. The van der Waals surface area contributed by atoms with Gasteiger partial charge in [-0.3, -0.25) is 0 Å². The number of aliphatic imine (C=N–C) groups is 1. The van der Waals surface area contributed by atoms with Crippen molar-refractivity contribution in [2.45, 2.75) is 9.79 Å². The Morgan fingerprint density at radius 2 is 1.81 bits per heavy atom. The molecule has 0 bridgehead atoms. The second-order valence-electron chi connectivity index (χ2n) is 5.92. The lowest BCUT2D eigenvalue weighted by molar-refractivity contribution is -0.129. The van der Waals surface area contributed by atoms with Crippen LogP contribution in [0.1, 0.15) is 11.1 Å². The Balaban J connectivity index is 1.93. The number of cyclic esters (lactones) is 1. The fourth-order valence-corrected chi connectivity index (χ4v) is 3.75. The molecule has 1 aliphatic heterocycles. The van der Waals surface area contributed by atoms with Gasteiger partial charge in [-0.2, -0.15) is 0 Å². The Labute approximate surface area is 162 Å². The van der Waals surface area contributed by atoms with Gasteiger partial charge >= 0.3 is 5.97 Å². The number of carbonyl (C=O) groups is 1. The number of carbonyl (C=O) groups excluding carboxylic acids is 1. The Bertz CT molecular complexity index is 1040. The standard InChI is InChI=1S/C19H18N2O4S2/c1-21(2)27(23,24)16-6-4-5-14(12-16)18-20-17(19(22)25-18)11-13-7-9-15(26-3)10-8-13/h4-12H,1-3H3/b17-11-. The van der Waals surface area contributed by atoms with E-state index in [2.05, 4.69) is 4.99 Å². The first kappa shape index (κ1) is 19.3. The van der Waals surface area contributed by atoms with Crippen molar-refractivity contribution < 1.29 is 17.9 Å². The molecule has 3 rings (SSSR count). The van der Waals surface area contributed by atoms with Crippen LogP contribution in [0.5, 0.6) is 0 Å². The van der Waals surface area contributed by atoms with E-state index in [1.165, 1.54) is 26.2 Å². The summed E-state index contributed by atoms with van der Waals surface area (Å²) in [6, 6.07) is 13.9. The fourth-order valence-electron chi connectivity index (χ4n) is 2.39. The summed E-state index contributed by atoms with van der Waals surface area (Å²) >= 11 is 1.63. The summed E-state index contributed by atoms with van der Waals surface area (Å²) in [6.45, 7) is 0. The number of esters is 1. The van der Waals surface area contributed by atoms with Gasteiger partial charge in [0.25, 0.3) is 0 Å². The van der Waals surface area contributed by atoms with E-state index in [1.807, 2.05) is 30.5 Å². The molecular weight excluding hydrogens is 384 g/mol. The lowest BCUT2D eigenvalue weighted by Crippen LogP contribution is -2.22. The average Bonchev–Trinajstić information content (AvgIpc) is 3.03. The molecule has 8 heteroatoms. The Kier molecular flexibility index (Phi) is 5.50. The fraction of sp³-hybridized carbons (Fsp3) is 0.158. The lowest BCUT2D eigenvalue weighted by atomic mass is 10.2. The van der Waals surface area contributed by atoms with E-state index in [4.69, 9.17) is 4.74 Å². The predicted molar refractivity (Wildman–Crippen MR) is 106 cm³/mol. The van der Waals surface area contributed by atoms with Crippen molar-refractivity contribution in [2.75, 3.05) is 20.4 Å². The van der Waals surface area contributed by atoms with Gasteiger partial charge in [-0.05, 0) is 48.2 Å². The first-order valence-electron chi connectivity index (χ1n) is 8.01. The topological polar surface area (TPSA) is 76.0 Å². The van der Waals surface area contributed by atoms with Gasteiger partial charge in [0, 0.05) is 24.6 Å². The van der Waals surface area contributed by atoms with Gasteiger partial charge in [-0.1, -0.05) is 18.2 Å². The monoisotopic (exact) mass is 402 g/mol. The molecule has 0 atom stereocenters. The smallest absolute Gasteiger partial charge is 0.363 e. The molecule has 0 radical (unpaired) electrons. The van der Waals surface area contributed by atoms with E-state index in [-0.39, 0.29) is 16.5 Å². The molecule has 140 valence electrons. The minimum atomic E-state index is -3.59. The van der Waals surface area contributed by atoms with Gasteiger partial charge in [0.15, 0.2) is 5.70 Å². The number of sulfonamides is 1. The third kappa shape index (κ3) is 4.13. The second-order valence-corrected chi connectivity index (χ2v) is 8.96. The third-order valence-electron chi connectivity index (χ3n) is 3.90. The number of hydrogen-bond donors (Lipinski definition) is 0. The summed E-state index contributed by atoms with van der Waals surface area (Å²) in [6.07, 6.45) is 3.63. The summed E-state index contributed by atoms with van der Waals surface area (Å²) in [7, 11) is -0.677. The van der Waals surface area contributed by atoms with Crippen molar-refractivity contribution in [2.24, 2.45) is 4.99 Å². The van der Waals surface area contributed by atoms with Crippen LogP contribution >= 0.6 is 11.8 Å². The van der Waals surface area contributed by atoms with E-state index in [1.54, 1.807) is 30.0 Å². The number of thioether (sulfide) groups is 1. The molecular formula is C19H18N2O4S2. The van der Waals surface area contributed by atoms with Crippen LogP contribution in [0, 0.1) is 0 Å². The van der Waals surface area contributed by atoms with Gasteiger partial charge in [0.05, 0.1) is 4.90 Å². The molecule has 0 saturated carbocycles. The van der Waals surface area contributed by atoms with Crippen molar-refractivity contribution >= 4 is 39.7 Å². The minimum Gasteiger partial charge on any atom is -0.402 e. The van der Waals surface area contributed by atoms with E-state index in [0.717, 1.165) is 14.8 Å². The summed E-state index contributed by atoms with van der Waals surface area (Å²) < 4.78 is 30.9. The molecule has 2 aromatic carbocycles. The van der Waals surface area contributed by atoms with E-state index in [9.17, 15) is 13.2 Å². The highest BCUT2D eigenvalue weighted by Crippen LogP contribution is 2.23. The van der Waals surface area contributed by atoms with Crippen LogP contribution in [0.25, 0.3) is 6.08 Å². The molecule has 1 aliphatic rings. The Morgan fingerprint density at radius 1 is 1.11 bits per heavy atom. The molecule has 0 spiro atoms. The SMILES string of the molecule is CSc1ccc(/C=C2\N=C(c3cccc(S(=O)(=O)N(C)C)c3)OC2=O)cc1. The van der Waals surface area contributed by atoms with E-state index < -0.39 is 16.0 Å². The van der Waals surface area contributed by atoms with Crippen LogP contribution in [-0.2, 0) is 19.6 Å². The summed E-state index contributed by atoms with van der Waals surface area (Å²) in [5.41, 5.74) is 1.42. The molecule has 1 heterocycles. The molecule has 0 aliphatic carbocycles. The molecule has 0 fully saturated rings. The molecule has 0 aromatic heterocycles. The van der Waals surface area contributed by atoms with E-state index in [0.29, 0.717) is 5.56 Å². The number of nitrogens with zero attached hydrogens (tertiary/aromatic N) is 2. The molecule has 0 saturated heterocycles. The number of benzene rings is 2. The Morgan fingerprint density at radius 3 is 2.44 bits per heavy atom. The first-order valence-corrected chi connectivity index (χ1v) is 10.7. The van der Waals surface area contributed by atoms with Gasteiger partial charge in [-0.15, -0.1) is 11.8 Å².